The standard InChI is InChI=1S/C22H19N3O2/c1-14-8-6-12-18(23-14)22-24-17-11-5-4-9-15(17)20(25-22)16-10-7-13-19(26-2)21(16)27-3/h4-13H,1-3H3. The summed E-state index contributed by atoms with van der Waals surface area (Å²) in [4.78, 5) is 14.2. The van der Waals surface area contributed by atoms with Crippen molar-refractivity contribution in [3.63, 3.8) is 0 Å². The van der Waals surface area contributed by atoms with E-state index in [0.29, 0.717) is 17.3 Å². The van der Waals surface area contributed by atoms with Crippen LogP contribution < -0.4 is 9.47 Å². The maximum absolute atomic E-state index is 5.63. The number of methoxy groups -OCH3 is 2. The van der Waals surface area contributed by atoms with Gasteiger partial charge in [0.2, 0.25) is 0 Å². The van der Waals surface area contributed by atoms with Crippen molar-refractivity contribution >= 4 is 10.9 Å². The lowest BCUT2D eigenvalue weighted by atomic mass is 10.0. The highest BCUT2D eigenvalue weighted by Gasteiger charge is 2.17. The van der Waals surface area contributed by atoms with Crippen LogP contribution in [0.2, 0.25) is 0 Å². The third kappa shape index (κ3) is 3.08. The zero-order chi connectivity index (χ0) is 18.8. The van der Waals surface area contributed by atoms with E-state index in [2.05, 4.69) is 4.98 Å². The number of aryl methyl sites for hydroxylation is 1. The van der Waals surface area contributed by atoms with E-state index < -0.39 is 0 Å². The van der Waals surface area contributed by atoms with Crippen LogP contribution in [0.25, 0.3) is 33.7 Å². The number of rotatable bonds is 4. The second kappa shape index (κ2) is 7.03. The fraction of sp³-hybridized carbons (Fsp3) is 0.136. The minimum atomic E-state index is 0.581. The van der Waals surface area contributed by atoms with Crippen molar-refractivity contribution in [1.82, 2.24) is 15.0 Å². The van der Waals surface area contributed by atoms with Gasteiger partial charge in [0.25, 0.3) is 0 Å². The van der Waals surface area contributed by atoms with Crippen LogP contribution in [0.15, 0.2) is 60.7 Å². The Morgan fingerprint density at radius 3 is 2.33 bits per heavy atom. The number of aromatic nitrogens is 3. The van der Waals surface area contributed by atoms with Crippen LogP contribution in [-0.4, -0.2) is 29.2 Å². The molecule has 2 aromatic heterocycles. The Balaban J connectivity index is 2.03. The van der Waals surface area contributed by atoms with Gasteiger partial charge in [-0.2, -0.15) is 0 Å². The van der Waals surface area contributed by atoms with Gasteiger partial charge < -0.3 is 9.47 Å². The van der Waals surface area contributed by atoms with Gasteiger partial charge in [0.05, 0.1) is 25.4 Å². The minimum Gasteiger partial charge on any atom is -0.493 e. The van der Waals surface area contributed by atoms with Crippen LogP contribution >= 0.6 is 0 Å². The third-order valence-corrected chi connectivity index (χ3v) is 4.38. The number of benzene rings is 2. The second-order valence-corrected chi connectivity index (χ2v) is 6.12. The van der Waals surface area contributed by atoms with Crippen molar-refractivity contribution in [1.29, 1.82) is 0 Å². The van der Waals surface area contributed by atoms with Crippen LogP contribution in [-0.2, 0) is 0 Å². The molecule has 0 aliphatic rings. The summed E-state index contributed by atoms with van der Waals surface area (Å²) in [5.74, 6) is 1.89. The van der Waals surface area contributed by atoms with E-state index in [4.69, 9.17) is 19.4 Å². The molecule has 0 radical (unpaired) electrons. The van der Waals surface area contributed by atoms with Crippen LogP contribution in [0.4, 0.5) is 0 Å². The van der Waals surface area contributed by atoms with Crippen molar-refractivity contribution in [2.75, 3.05) is 14.2 Å². The number of hydrogen-bond donors (Lipinski definition) is 0. The van der Waals surface area contributed by atoms with Gasteiger partial charge in [-0.15, -0.1) is 0 Å². The summed E-state index contributed by atoms with van der Waals surface area (Å²) < 4.78 is 11.1. The highest BCUT2D eigenvalue weighted by molar-refractivity contribution is 5.95. The summed E-state index contributed by atoms with van der Waals surface area (Å²) in [6.07, 6.45) is 0. The fourth-order valence-electron chi connectivity index (χ4n) is 3.14. The van der Waals surface area contributed by atoms with Gasteiger partial charge in [-0.05, 0) is 37.3 Å². The summed E-state index contributed by atoms with van der Waals surface area (Å²) in [6.45, 7) is 1.95. The van der Waals surface area contributed by atoms with Gasteiger partial charge in [-0.3, -0.25) is 0 Å². The van der Waals surface area contributed by atoms with Gasteiger partial charge in [-0.1, -0.05) is 30.3 Å². The Labute approximate surface area is 157 Å². The zero-order valence-electron chi connectivity index (χ0n) is 15.4. The van der Waals surface area contributed by atoms with E-state index in [1.165, 1.54) is 0 Å². The lowest BCUT2D eigenvalue weighted by molar-refractivity contribution is 0.356. The molecule has 0 atom stereocenters. The number of fused-ring (bicyclic) bond motifs is 1. The molecule has 0 bridgehead atoms. The van der Waals surface area contributed by atoms with E-state index >= 15 is 0 Å². The van der Waals surface area contributed by atoms with E-state index in [1.54, 1.807) is 14.2 Å². The molecule has 0 saturated heterocycles. The topological polar surface area (TPSA) is 57.1 Å². The van der Waals surface area contributed by atoms with Gasteiger partial charge in [0, 0.05) is 16.6 Å². The summed E-state index contributed by atoms with van der Waals surface area (Å²) in [5, 5.41) is 0.945. The SMILES string of the molecule is COc1cccc(-c2nc(-c3cccc(C)n3)nc3ccccc23)c1OC. The molecular weight excluding hydrogens is 338 g/mol. The number of pyridine rings is 1. The average molecular weight is 357 g/mol. The summed E-state index contributed by atoms with van der Waals surface area (Å²) in [6, 6.07) is 19.5. The quantitative estimate of drug-likeness (QED) is 0.530. The molecule has 0 spiro atoms. The summed E-state index contributed by atoms with van der Waals surface area (Å²) in [5.41, 5.74) is 4.15. The first-order chi connectivity index (χ1) is 13.2. The van der Waals surface area contributed by atoms with Gasteiger partial charge in [0.15, 0.2) is 17.3 Å². The molecule has 27 heavy (non-hydrogen) atoms. The number of nitrogens with zero attached hydrogens (tertiary/aromatic N) is 3. The van der Waals surface area contributed by atoms with Gasteiger partial charge >= 0.3 is 0 Å². The molecule has 0 aliphatic carbocycles. The highest BCUT2D eigenvalue weighted by atomic mass is 16.5. The maximum atomic E-state index is 5.63. The molecule has 134 valence electrons. The van der Waals surface area contributed by atoms with Gasteiger partial charge in [0.1, 0.15) is 5.69 Å². The van der Waals surface area contributed by atoms with Crippen molar-refractivity contribution < 1.29 is 9.47 Å². The Morgan fingerprint density at radius 2 is 1.56 bits per heavy atom. The molecule has 0 unspecified atom stereocenters. The van der Waals surface area contributed by atoms with Crippen LogP contribution in [0, 0.1) is 6.92 Å². The van der Waals surface area contributed by atoms with Crippen LogP contribution in [0.3, 0.4) is 0 Å². The molecule has 0 N–H and O–H groups in total. The summed E-state index contributed by atoms with van der Waals surface area (Å²) in [7, 11) is 3.26. The molecule has 2 heterocycles. The molecular formula is C22H19N3O2. The van der Waals surface area contributed by atoms with Crippen LogP contribution in [0.5, 0.6) is 11.5 Å². The molecule has 0 amide bonds. The zero-order valence-corrected chi connectivity index (χ0v) is 15.4. The van der Waals surface area contributed by atoms with Gasteiger partial charge in [-0.25, -0.2) is 15.0 Å². The fourth-order valence-corrected chi connectivity index (χ4v) is 3.14. The normalized spacial score (nSPS) is 10.8. The lowest BCUT2D eigenvalue weighted by Crippen LogP contribution is -1.99. The van der Waals surface area contributed by atoms with E-state index in [9.17, 15) is 0 Å². The lowest BCUT2D eigenvalue weighted by Gasteiger charge is -2.14. The number of hydrogen-bond acceptors (Lipinski definition) is 5. The van der Waals surface area contributed by atoms with E-state index in [0.717, 1.165) is 33.5 Å². The molecule has 2 aromatic carbocycles. The van der Waals surface area contributed by atoms with Crippen LogP contribution in [0.1, 0.15) is 5.69 Å². The smallest absolute Gasteiger partial charge is 0.179 e. The predicted molar refractivity (Wildman–Crippen MR) is 106 cm³/mol. The molecule has 0 aliphatic heterocycles. The molecule has 0 saturated carbocycles. The predicted octanol–water partition coefficient (Wildman–Crippen LogP) is 4.68. The number of ether oxygens (including phenoxy) is 2. The molecule has 5 nitrogen and oxygen atoms in total. The van der Waals surface area contributed by atoms with E-state index in [-0.39, 0.29) is 0 Å². The number of para-hydroxylation sites is 2. The second-order valence-electron chi connectivity index (χ2n) is 6.12. The van der Waals surface area contributed by atoms with Crippen molar-refractivity contribution in [2.24, 2.45) is 0 Å². The first-order valence-corrected chi connectivity index (χ1v) is 8.63. The van der Waals surface area contributed by atoms with Crippen molar-refractivity contribution in [3.05, 3.63) is 66.4 Å². The maximum Gasteiger partial charge on any atom is 0.179 e. The summed E-state index contributed by atoms with van der Waals surface area (Å²) >= 11 is 0. The monoisotopic (exact) mass is 357 g/mol. The average Bonchev–Trinajstić information content (AvgIpc) is 2.72. The van der Waals surface area contributed by atoms with E-state index in [1.807, 2.05) is 67.6 Å². The Kier molecular flexibility index (Phi) is 4.42. The third-order valence-electron chi connectivity index (χ3n) is 4.38. The highest BCUT2D eigenvalue weighted by Crippen LogP contribution is 2.39. The molecule has 0 fully saturated rings. The van der Waals surface area contributed by atoms with Crippen molar-refractivity contribution in [3.8, 4) is 34.3 Å². The molecule has 5 heteroatoms. The Bertz CT molecular complexity index is 1130. The minimum absolute atomic E-state index is 0.581. The molecule has 4 rings (SSSR count). The Hall–Kier alpha value is -3.47. The first kappa shape index (κ1) is 17.0. The first-order valence-electron chi connectivity index (χ1n) is 8.63. The van der Waals surface area contributed by atoms with Crippen molar-refractivity contribution in [2.45, 2.75) is 6.92 Å². The Morgan fingerprint density at radius 1 is 0.741 bits per heavy atom. The largest absolute Gasteiger partial charge is 0.493 e. The molecule has 4 aromatic rings.